The van der Waals surface area contributed by atoms with Crippen molar-refractivity contribution in [1.82, 2.24) is 10.2 Å². The zero-order valence-electron chi connectivity index (χ0n) is 10.4. The third kappa shape index (κ3) is 1.88. The molecule has 1 aliphatic rings. The Bertz CT molecular complexity index is 566. The van der Waals surface area contributed by atoms with Crippen LogP contribution in [0.2, 0.25) is 0 Å². The molecule has 18 heavy (non-hydrogen) atoms. The molecule has 0 N–H and O–H groups in total. The van der Waals surface area contributed by atoms with Crippen molar-refractivity contribution in [2.75, 3.05) is 11.4 Å². The fraction of sp³-hybridized carbons (Fsp3) is 0.385. The Labute approximate surface area is 109 Å². The van der Waals surface area contributed by atoms with Gasteiger partial charge in [0.15, 0.2) is 0 Å². The van der Waals surface area contributed by atoms with Gasteiger partial charge in [0.1, 0.15) is 16.3 Å². The van der Waals surface area contributed by atoms with Crippen LogP contribution in [0.15, 0.2) is 23.7 Å². The van der Waals surface area contributed by atoms with Gasteiger partial charge in [0.05, 0.1) is 6.54 Å². The van der Waals surface area contributed by atoms with Gasteiger partial charge < -0.3 is 4.90 Å². The zero-order valence-corrected chi connectivity index (χ0v) is 11.2. The van der Waals surface area contributed by atoms with E-state index >= 15 is 0 Å². The molecule has 0 fully saturated rings. The quantitative estimate of drug-likeness (QED) is 0.834. The third-order valence-electron chi connectivity index (χ3n) is 3.35. The first-order chi connectivity index (χ1) is 8.56. The molecule has 2 aromatic rings. The van der Waals surface area contributed by atoms with Gasteiger partial charge >= 0.3 is 0 Å². The van der Waals surface area contributed by atoms with E-state index in [1.807, 2.05) is 6.07 Å². The van der Waals surface area contributed by atoms with Crippen molar-refractivity contribution < 1.29 is 4.39 Å². The number of aromatic nitrogens is 2. The van der Waals surface area contributed by atoms with E-state index in [-0.39, 0.29) is 11.2 Å². The smallest absolute Gasteiger partial charge is 0.136 e. The molecule has 1 aromatic carbocycles. The van der Waals surface area contributed by atoms with Crippen molar-refractivity contribution in [1.29, 1.82) is 0 Å². The van der Waals surface area contributed by atoms with Crippen LogP contribution >= 0.6 is 11.3 Å². The minimum atomic E-state index is -0.186. The molecule has 0 unspecified atom stereocenters. The monoisotopic (exact) mass is 263 g/mol. The maximum absolute atomic E-state index is 13.4. The van der Waals surface area contributed by atoms with Crippen molar-refractivity contribution in [2.24, 2.45) is 0 Å². The van der Waals surface area contributed by atoms with Crippen molar-refractivity contribution in [3.8, 4) is 0 Å². The van der Waals surface area contributed by atoms with Crippen LogP contribution in [0.25, 0.3) is 0 Å². The molecular formula is C13H14FN3S. The lowest BCUT2D eigenvalue weighted by molar-refractivity contribution is 0.549. The SMILES string of the molecule is CC1(C)CN(Cc2nncs2)c2cc(F)ccc21. The number of benzene rings is 1. The molecule has 0 bridgehead atoms. The summed E-state index contributed by atoms with van der Waals surface area (Å²) in [7, 11) is 0. The zero-order chi connectivity index (χ0) is 12.8. The average Bonchev–Trinajstić information content (AvgIpc) is 2.87. The molecule has 5 heteroatoms. The van der Waals surface area contributed by atoms with E-state index in [4.69, 9.17) is 0 Å². The third-order valence-corrected chi connectivity index (χ3v) is 4.03. The van der Waals surface area contributed by atoms with Gasteiger partial charge in [0.2, 0.25) is 0 Å². The van der Waals surface area contributed by atoms with Crippen LogP contribution in [-0.4, -0.2) is 16.7 Å². The van der Waals surface area contributed by atoms with Gasteiger partial charge in [0.25, 0.3) is 0 Å². The summed E-state index contributed by atoms with van der Waals surface area (Å²) in [4.78, 5) is 2.18. The second-order valence-corrected chi connectivity index (χ2v) is 6.15. The molecule has 0 amide bonds. The normalized spacial score (nSPS) is 16.9. The number of hydrogen-bond acceptors (Lipinski definition) is 4. The highest BCUT2D eigenvalue weighted by Gasteiger charge is 2.35. The molecule has 0 spiro atoms. The van der Waals surface area contributed by atoms with Crippen LogP contribution in [0.1, 0.15) is 24.4 Å². The summed E-state index contributed by atoms with van der Waals surface area (Å²) in [6.07, 6.45) is 0. The van der Waals surface area contributed by atoms with Crippen molar-refractivity contribution in [3.05, 3.63) is 40.1 Å². The topological polar surface area (TPSA) is 29.0 Å². The average molecular weight is 263 g/mol. The summed E-state index contributed by atoms with van der Waals surface area (Å²) >= 11 is 1.53. The molecule has 1 aliphatic heterocycles. The molecule has 0 atom stereocenters. The Morgan fingerprint density at radius 1 is 1.44 bits per heavy atom. The number of hydrogen-bond donors (Lipinski definition) is 0. The van der Waals surface area contributed by atoms with Gasteiger partial charge in [-0.1, -0.05) is 19.9 Å². The van der Waals surface area contributed by atoms with Gasteiger partial charge in [-0.2, -0.15) is 0 Å². The highest BCUT2D eigenvalue weighted by molar-refractivity contribution is 7.09. The largest absolute Gasteiger partial charge is 0.363 e. The van der Waals surface area contributed by atoms with E-state index in [2.05, 4.69) is 28.9 Å². The Balaban J connectivity index is 1.98. The minimum absolute atomic E-state index is 0.0493. The Morgan fingerprint density at radius 3 is 3.00 bits per heavy atom. The molecule has 0 aliphatic carbocycles. The lowest BCUT2D eigenvalue weighted by atomic mass is 9.87. The molecular weight excluding hydrogens is 249 g/mol. The Kier molecular flexibility index (Phi) is 2.59. The Hall–Kier alpha value is -1.49. The van der Waals surface area contributed by atoms with Gasteiger partial charge in [-0.25, -0.2) is 4.39 Å². The van der Waals surface area contributed by atoms with E-state index in [9.17, 15) is 4.39 Å². The summed E-state index contributed by atoms with van der Waals surface area (Å²) in [5.41, 5.74) is 3.96. The summed E-state index contributed by atoms with van der Waals surface area (Å²) in [5.74, 6) is -0.186. The second kappa shape index (κ2) is 4.02. The van der Waals surface area contributed by atoms with Gasteiger partial charge in [-0.3, -0.25) is 0 Å². The van der Waals surface area contributed by atoms with Crippen LogP contribution in [0.4, 0.5) is 10.1 Å². The maximum atomic E-state index is 13.4. The van der Waals surface area contributed by atoms with Crippen LogP contribution in [-0.2, 0) is 12.0 Å². The molecule has 1 aromatic heterocycles. The minimum Gasteiger partial charge on any atom is -0.363 e. The van der Waals surface area contributed by atoms with Crippen LogP contribution in [0.5, 0.6) is 0 Å². The predicted octanol–water partition coefficient (Wildman–Crippen LogP) is 2.98. The summed E-state index contributed by atoms with van der Waals surface area (Å²) in [6, 6.07) is 5.05. The van der Waals surface area contributed by atoms with E-state index in [1.54, 1.807) is 11.6 Å². The number of anilines is 1. The first-order valence-electron chi connectivity index (χ1n) is 5.86. The van der Waals surface area contributed by atoms with Crippen LogP contribution < -0.4 is 4.90 Å². The van der Waals surface area contributed by atoms with Crippen molar-refractivity contribution >= 4 is 17.0 Å². The number of rotatable bonds is 2. The van der Waals surface area contributed by atoms with E-state index in [0.29, 0.717) is 6.54 Å². The number of halogens is 1. The lowest BCUT2D eigenvalue weighted by Gasteiger charge is -2.21. The molecule has 0 saturated carbocycles. The first-order valence-corrected chi connectivity index (χ1v) is 6.74. The van der Waals surface area contributed by atoms with E-state index in [0.717, 1.165) is 17.2 Å². The standard InChI is InChI=1S/C13H14FN3S/c1-13(2)7-17(6-12-16-15-8-18-12)11-5-9(14)3-4-10(11)13/h3-5,8H,6-7H2,1-2H3. The molecule has 0 saturated heterocycles. The predicted molar refractivity (Wildman–Crippen MR) is 70.4 cm³/mol. The highest BCUT2D eigenvalue weighted by Crippen LogP contribution is 2.41. The lowest BCUT2D eigenvalue weighted by Crippen LogP contribution is -2.28. The molecule has 0 radical (unpaired) electrons. The number of fused-ring (bicyclic) bond motifs is 1. The van der Waals surface area contributed by atoms with Crippen LogP contribution in [0.3, 0.4) is 0 Å². The highest BCUT2D eigenvalue weighted by atomic mass is 32.1. The number of nitrogens with zero attached hydrogens (tertiary/aromatic N) is 3. The van der Waals surface area contributed by atoms with E-state index in [1.165, 1.54) is 23.0 Å². The van der Waals surface area contributed by atoms with Gasteiger partial charge in [-0.15, -0.1) is 21.5 Å². The van der Waals surface area contributed by atoms with Crippen molar-refractivity contribution in [2.45, 2.75) is 25.8 Å². The maximum Gasteiger partial charge on any atom is 0.136 e. The first kappa shape index (κ1) is 11.6. The summed E-state index contributed by atoms with van der Waals surface area (Å²) in [5, 5.41) is 8.86. The second-order valence-electron chi connectivity index (χ2n) is 5.23. The molecule has 3 nitrogen and oxygen atoms in total. The van der Waals surface area contributed by atoms with E-state index < -0.39 is 0 Å². The summed E-state index contributed by atoms with van der Waals surface area (Å²) in [6.45, 7) is 5.95. The Morgan fingerprint density at radius 2 is 2.28 bits per heavy atom. The van der Waals surface area contributed by atoms with Gasteiger partial charge in [0, 0.05) is 17.6 Å². The van der Waals surface area contributed by atoms with Crippen molar-refractivity contribution in [3.63, 3.8) is 0 Å². The molecule has 2 heterocycles. The molecule has 94 valence electrons. The fourth-order valence-corrected chi connectivity index (χ4v) is 3.10. The summed E-state index contributed by atoms with van der Waals surface area (Å²) < 4.78 is 13.4. The van der Waals surface area contributed by atoms with Crippen LogP contribution in [0, 0.1) is 5.82 Å². The van der Waals surface area contributed by atoms with Gasteiger partial charge in [-0.05, 0) is 17.7 Å². The fourth-order valence-electron chi connectivity index (χ4n) is 2.56. The molecule has 3 rings (SSSR count).